The van der Waals surface area contributed by atoms with E-state index in [0.29, 0.717) is 0 Å². The highest BCUT2D eigenvalue weighted by Gasteiger charge is 2.19. The monoisotopic (exact) mass is 176 g/mol. The van der Waals surface area contributed by atoms with Gasteiger partial charge in [0.2, 0.25) is 0 Å². The molecule has 1 aromatic heterocycles. The first-order chi connectivity index (χ1) is 6.38. The second-order valence-electron chi connectivity index (χ2n) is 3.76. The van der Waals surface area contributed by atoms with Crippen molar-refractivity contribution < 1.29 is 0 Å². The molecule has 0 aromatic carbocycles. The van der Waals surface area contributed by atoms with E-state index in [1.54, 1.807) is 0 Å². The number of nitrogens with zero attached hydrogens (tertiary/aromatic N) is 2. The molecule has 0 bridgehead atoms. The number of rotatable bonds is 2. The summed E-state index contributed by atoms with van der Waals surface area (Å²) in [5.41, 5.74) is 1.24. The molecule has 1 heterocycles. The van der Waals surface area contributed by atoms with Crippen LogP contribution in [0.1, 0.15) is 25.7 Å². The molecule has 70 valence electrons. The van der Waals surface area contributed by atoms with Crippen LogP contribution in [-0.2, 0) is 0 Å². The Morgan fingerprint density at radius 1 is 1.38 bits per heavy atom. The van der Waals surface area contributed by atoms with Crippen LogP contribution >= 0.6 is 0 Å². The van der Waals surface area contributed by atoms with Crippen molar-refractivity contribution in [3.63, 3.8) is 0 Å². The molecule has 13 heavy (non-hydrogen) atoms. The summed E-state index contributed by atoms with van der Waals surface area (Å²) >= 11 is 0. The van der Waals surface area contributed by atoms with Crippen molar-refractivity contribution in [1.29, 1.82) is 0 Å². The van der Waals surface area contributed by atoms with E-state index in [4.69, 9.17) is 0 Å². The molecule has 0 amide bonds. The van der Waals surface area contributed by atoms with Crippen LogP contribution in [0.25, 0.3) is 0 Å². The van der Waals surface area contributed by atoms with Crippen molar-refractivity contribution >= 4 is 5.69 Å². The average molecular weight is 176 g/mol. The third-order valence-electron chi connectivity index (χ3n) is 2.93. The molecule has 1 aromatic rings. The minimum atomic E-state index is 0.740. The molecule has 0 radical (unpaired) electrons. The Kier molecular flexibility index (Phi) is 2.48. The van der Waals surface area contributed by atoms with E-state index in [-0.39, 0.29) is 0 Å². The number of hydrogen-bond donors (Lipinski definition) is 0. The van der Waals surface area contributed by atoms with Crippen LogP contribution in [-0.4, -0.2) is 18.1 Å². The highest BCUT2D eigenvalue weighted by molar-refractivity contribution is 5.43. The molecule has 0 unspecified atom stereocenters. The molecule has 1 fully saturated rings. The van der Waals surface area contributed by atoms with Crippen molar-refractivity contribution in [2.45, 2.75) is 31.7 Å². The minimum absolute atomic E-state index is 0.740. The molecular formula is C11H16N2. The summed E-state index contributed by atoms with van der Waals surface area (Å²) in [5.74, 6) is 0. The summed E-state index contributed by atoms with van der Waals surface area (Å²) in [6.07, 6.45) is 9.21. The highest BCUT2D eigenvalue weighted by atomic mass is 15.1. The standard InChI is InChI=1S/C11H16N2/c1-13(10-5-2-3-6-10)11-7-4-8-12-9-11/h4,7-10H,2-3,5-6H2,1H3. The molecule has 0 saturated heterocycles. The lowest BCUT2D eigenvalue weighted by Gasteiger charge is -2.25. The van der Waals surface area contributed by atoms with Crippen LogP contribution in [0, 0.1) is 0 Å². The zero-order valence-electron chi connectivity index (χ0n) is 8.11. The zero-order valence-corrected chi connectivity index (χ0v) is 8.11. The topological polar surface area (TPSA) is 16.1 Å². The van der Waals surface area contributed by atoms with Crippen LogP contribution < -0.4 is 4.90 Å². The second-order valence-corrected chi connectivity index (χ2v) is 3.76. The summed E-state index contributed by atoms with van der Waals surface area (Å²) < 4.78 is 0. The maximum atomic E-state index is 4.14. The van der Waals surface area contributed by atoms with E-state index in [1.165, 1.54) is 31.4 Å². The summed E-state index contributed by atoms with van der Waals surface area (Å²) in [4.78, 5) is 6.50. The minimum Gasteiger partial charge on any atom is -0.370 e. The van der Waals surface area contributed by atoms with Gasteiger partial charge in [0.25, 0.3) is 0 Å². The Hall–Kier alpha value is -1.05. The maximum Gasteiger partial charge on any atom is 0.0552 e. The first-order valence-corrected chi connectivity index (χ1v) is 5.01. The van der Waals surface area contributed by atoms with E-state index in [1.807, 2.05) is 18.5 Å². The van der Waals surface area contributed by atoms with Crippen LogP contribution in [0.5, 0.6) is 0 Å². The lowest BCUT2D eigenvalue weighted by Crippen LogP contribution is -2.28. The SMILES string of the molecule is CN(c1cccnc1)C1CCCC1. The Balaban J connectivity index is 2.08. The largest absolute Gasteiger partial charge is 0.370 e. The van der Waals surface area contributed by atoms with Gasteiger partial charge in [-0.05, 0) is 25.0 Å². The molecule has 0 spiro atoms. The van der Waals surface area contributed by atoms with E-state index < -0.39 is 0 Å². The van der Waals surface area contributed by atoms with Gasteiger partial charge in [-0.2, -0.15) is 0 Å². The first kappa shape index (κ1) is 8.54. The molecule has 2 rings (SSSR count). The van der Waals surface area contributed by atoms with E-state index >= 15 is 0 Å². The number of pyridine rings is 1. The Morgan fingerprint density at radius 2 is 2.15 bits per heavy atom. The maximum absolute atomic E-state index is 4.14. The van der Waals surface area contributed by atoms with Gasteiger partial charge in [0, 0.05) is 19.3 Å². The van der Waals surface area contributed by atoms with Gasteiger partial charge in [-0.3, -0.25) is 4.98 Å². The molecule has 0 N–H and O–H groups in total. The average Bonchev–Trinajstić information content (AvgIpc) is 2.71. The molecule has 0 atom stereocenters. The van der Waals surface area contributed by atoms with Crippen LogP contribution in [0.4, 0.5) is 5.69 Å². The molecule has 2 nitrogen and oxygen atoms in total. The molecule has 1 aliphatic rings. The fraction of sp³-hybridized carbons (Fsp3) is 0.545. The number of aromatic nitrogens is 1. The van der Waals surface area contributed by atoms with Crippen molar-refractivity contribution in [2.75, 3.05) is 11.9 Å². The van der Waals surface area contributed by atoms with Crippen LogP contribution in [0.2, 0.25) is 0 Å². The van der Waals surface area contributed by atoms with Crippen molar-refractivity contribution in [1.82, 2.24) is 4.98 Å². The zero-order chi connectivity index (χ0) is 9.10. The van der Waals surface area contributed by atoms with E-state index in [2.05, 4.69) is 23.0 Å². The summed E-state index contributed by atoms with van der Waals surface area (Å²) in [7, 11) is 2.17. The smallest absolute Gasteiger partial charge is 0.0552 e. The Bertz CT molecular complexity index is 252. The first-order valence-electron chi connectivity index (χ1n) is 5.01. The normalized spacial score (nSPS) is 17.6. The molecule has 2 heteroatoms. The van der Waals surface area contributed by atoms with Gasteiger partial charge in [0.15, 0.2) is 0 Å². The number of hydrogen-bond acceptors (Lipinski definition) is 2. The van der Waals surface area contributed by atoms with Gasteiger partial charge in [-0.15, -0.1) is 0 Å². The molecule has 1 aliphatic carbocycles. The predicted molar refractivity (Wildman–Crippen MR) is 54.9 cm³/mol. The lowest BCUT2D eigenvalue weighted by molar-refractivity contribution is 0.652. The Labute approximate surface area is 79.6 Å². The van der Waals surface area contributed by atoms with Crippen molar-refractivity contribution in [3.05, 3.63) is 24.5 Å². The van der Waals surface area contributed by atoms with Gasteiger partial charge in [0.1, 0.15) is 0 Å². The third kappa shape index (κ3) is 1.82. The van der Waals surface area contributed by atoms with Gasteiger partial charge in [0.05, 0.1) is 11.9 Å². The van der Waals surface area contributed by atoms with Crippen molar-refractivity contribution in [3.8, 4) is 0 Å². The third-order valence-corrected chi connectivity index (χ3v) is 2.93. The Morgan fingerprint density at radius 3 is 2.77 bits per heavy atom. The molecule has 0 aliphatic heterocycles. The second kappa shape index (κ2) is 3.77. The number of anilines is 1. The quantitative estimate of drug-likeness (QED) is 0.688. The van der Waals surface area contributed by atoms with E-state index in [9.17, 15) is 0 Å². The van der Waals surface area contributed by atoms with Crippen LogP contribution in [0.15, 0.2) is 24.5 Å². The lowest BCUT2D eigenvalue weighted by atomic mass is 10.2. The summed E-state index contributed by atoms with van der Waals surface area (Å²) in [6, 6.07) is 4.87. The van der Waals surface area contributed by atoms with Gasteiger partial charge >= 0.3 is 0 Å². The van der Waals surface area contributed by atoms with Crippen LogP contribution in [0.3, 0.4) is 0 Å². The molecular weight excluding hydrogens is 160 g/mol. The van der Waals surface area contributed by atoms with Gasteiger partial charge < -0.3 is 4.90 Å². The summed E-state index contributed by atoms with van der Waals surface area (Å²) in [6.45, 7) is 0. The van der Waals surface area contributed by atoms with Gasteiger partial charge in [-0.1, -0.05) is 12.8 Å². The highest BCUT2D eigenvalue weighted by Crippen LogP contribution is 2.25. The van der Waals surface area contributed by atoms with Gasteiger partial charge in [-0.25, -0.2) is 0 Å². The summed E-state index contributed by atoms with van der Waals surface area (Å²) in [5, 5.41) is 0. The predicted octanol–water partition coefficient (Wildman–Crippen LogP) is 2.46. The van der Waals surface area contributed by atoms with Crippen molar-refractivity contribution in [2.24, 2.45) is 0 Å². The fourth-order valence-corrected chi connectivity index (χ4v) is 2.06. The van der Waals surface area contributed by atoms with E-state index in [0.717, 1.165) is 6.04 Å². The molecule has 1 saturated carbocycles. The fourth-order valence-electron chi connectivity index (χ4n) is 2.06.